The van der Waals surface area contributed by atoms with E-state index in [0.29, 0.717) is 17.7 Å². The van der Waals surface area contributed by atoms with E-state index >= 15 is 0 Å². The molecule has 2 rings (SSSR count). The Kier molecular flexibility index (Phi) is 5.18. The minimum absolute atomic E-state index is 0.130. The number of carbonyl (C=O) groups excluding carboxylic acids is 1. The minimum atomic E-state index is -3.60. The highest BCUT2D eigenvalue weighted by atomic mass is 32.2. The molecule has 0 saturated heterocycles. The van der Waals surface area contributed by atoms with Gasteiger partial charge in [0.25, 0.3) is 5.91 Å². The summed E-state index contributed by atoms with van der Waals surface area (Å²) >= 11 is 0. The lowest BCUT2D eigenvalue weighted by Gasteiger charge is -2.12. The van der Waals surface area contributed by atoms with E-state index in [4.69, 9.17) is 0 Å². The Hall–Kier alpha value is -2.18. The number of hydrogen-bond donors (Lipinski definition) is 2. The van der Waals surface area contributed by atoms with Crippen LogP contribution in [0.4, 0.5) is 0 Å². The van der Waals surface area contributed by atoms with Crippen molar-refractivity contribution in [3.63, 3.8) is 0 Å². The molecule has 5 nitrogen and oxygen atoms in total. The number of sulfonamides is 1. The SMILES string of the molecule is CNS(=O)(=O)c1cc(C(=O)NCc2ccccc2)cc(C)c1C. The molecule has 2 N–H and O–H groups in total. The molecular weight excluding hydrogens is 312 g/mol. The molecule has 0 aromatic heterocycles. The van der Waals surface area contributed by atoms with Gasteiger partial charge in [0.15, 0.2) is 0 Å². The molecule has 0 heterocycles. The Labute approximate surface area is 136 Å². The fourth-order valence-electron chi connectivity index (χ4n) is 2.23. The summed E-state index contributed by atoms with van der Waals surface area (Å²) in [7, 11) is -2.25. The smallest absolute Gasteiger partial charge is 0.251 e. The number of benzene rings is 2. The van der Waals surface area contributed by atoms with Gasteiger partial charge in [0.2, 0.25) is 10.0 Å². The van der Waals surface area contributed by atoms with Crippen molar-refractivity contribution >= 4 is 15.9 Å². The number of carbonyl (C=O) groups is 1. The van der Waals surface area contributed by atoms with E-state index in [2.05, 4.69) is 10.0 Å². The van der Waals surface area contributed by atoms with Crippen LogP contribution in [-0.4, -0.2) is 21.4 Å². The highest BCUT2D eigenvalue weighted by Gasteiger charge is 2.19. The topological polar surface area (TPSA) is 75.3 Å². The zero-order valence-corrected chi connectivity index (χ0v) is 14.2. The van der Waals surface area contributed by atoms with Crippen LogP contribution in [-0.2, 0) is 16.6 Å². The fourth-order valence-corrected chi connectivity index (χ4v) is 3.29. The van der Waals surface area contributed by atoms with Gasteiger partial charge in [-0.05, 0) is 49.7 Å². The van der Waals surface area contributed by atoms with E-state index in [-0.39, 0.29) is 10.8 Å². The molecule has 23 heavy (non-hydrogen) atoms. The highest BCUT2D eigenvalue weighted by molar-refractivity contribution is 7.89. The van der Waals surface area contributed by atoms with Gasteiger partial charge < -0.3 is 5.32 Å². The lowest BCUT2D eigenvalue weighted by atomic mass is 10.1. The summed E-state index contributed by atoms with van der Waals surface area (Å²) < 4.78 is 26.5. The Morgan fingerprint density at radius 1 is 1.09 bits per heavy atom. The van der Waals surface area contributed by atoms with Crippen LogP contribution >= 0.6 is 0 Å². The van der Waals surface area contributed by atoms with Crippen LogP contribution in [0.25, 0.3) is 0 Å². The van der Waals surface area contributed by atoms with Crippen molar-refractivity contribution < 1.29 is 13.2 Å². The summed E-state index contributed by atoms with van der Waals surface area (Å²) in [5.74, 6) is -0.301. The third kappa shape index (κ3) is 3.97. The normalized spacial score (nSPS) is 11.3. The highest BCUT2D eigenvalue weighted by Crippen LogP contribution is 2.21. The Morgan fingerprint density at radius 3 is 2.35 bits per heavy atom. The number of rotatable bonds is 5. The molecule has 0 saturated carbocycles. The maximum atomic E-state index is 12.3. The molecule has 6 heteroatoms. The van der Waals surface area contributed by atoms with Crippen LogP contribution < -0.4 is 10.0 Å². The van der Waals surface area contributed by atoms with Crippen molar-refractivity contribution in [2.24, 2.45) is 0 Å². The van der Waals surface area contributed by atoms with Gasteiger partial charge in [0, 0.05) is 12.1 Å². The first-order valence-corrected chi connectivity index (χ1v) is 8.70. The van der Waals surface area contributed by atoms with Crippen molar-refractivity contribution in [1.29, 1.82) is 0 Å². The van der Waals surface area contributed by atoms with E-state index < -0.39 is 10.0 Å². The summed E-state index contributed by atoms with van der Waals surface area (Å²) in [6.45, 7) is 3.91. The summed E-state index contributed by atoms with van der Waals surface area (Å²) in [6, 6.07) is 12.6. The van der Waals surface area contributed by atoms with Gasteiger partial charge in [0.1, 0.15) is 0 Å². The standard InChI is InChI=1S/C17H20N2O3S/c1-12-9-15(10-16(13(12)2)23(21,22)18-3)17(20)19-11-14-7-5-4-6-8-14/h4-10,18H,11H2,1-3H3,(H,19,20). The first kappa shape index (κ1) is 17.2. The molecule has 0 spiro atoms. The Bertz CT molecular complexity index is 815. The molecular formula is C17H20N2O3S. The van der Waals surface area contributed by atoms with Crippen LogP contribution in [0, 0.1) is 13.8 Å². The lowest BCUT2D eigenvalue weighted by molar-refractivity contribution is 0.0950. The summed E-state index contributed by atoms with van der Waals surface area (Å²) in [4.78, 5) is 12.5. The number of nitrogens with one attached hydrogen (secondary N) is 2. The van der Waals surface area contributed by atoms with E-state index in [9.17, 15) is 13.2 Å². The molecule has 0 aliphatic rings. The zero-order valence-electron chi connectivity index (χ0n) is 13.4. The summed E-state index contributed by atoms with van der Waals surface area (Å²) in [5, 5.41) is 2.80. The first-order chi connectivity index (χ1) is 10.8. The van der Waals surface area contributed by atoms with Crippen molar-refractivity contribution in [1.82, 2.24) is 10.0 Å². The van der Waals surface area contributed by atoms with Crippen molar-refractivity contribution in [3.8, 4) is 0 Å². The average molecular weight is 332 g/mol. The average Bonchev–Trinajstić information content (AvgIpc) is 2.55. The number of hydrogen-bond acceptors (Lipinski definition) is 3. The molecule has 0 bridgehead atoms. The van der Waals surface area contributed by atoms with Crippen LogP contribution in [0.15, 0.2) is 47.4 Å². The van der Waals surface area contributed by atoms with Crippen LogP contribution in [0.2, 0.25) is 0 Å². The predicted octanol–water partition coefficient (Wildman–Crippen LogP) is 2.14. The second-order valence-corrected chi connectivity index (χ2v) is 7.15. The molecule has 0 fully saturated rings. The molecule has 1 amide bonds. The third-order valence-corrected chi connectivity index (χ3v) is 5.28. The van der Waals surface area contributed by atoms with Crippen LogP contribution in [0.5, 0.6) is 0 Å². The zero-order chi connectivity index (χ0) is 17.0. The van der Waals surface area contributed by atoms with E-state index in [1.54, 1.807) is 19.9 Å². The second kappa shape index (κ2) is 6.93. The summed E-state index contributed by atoms with van der Waals surface area (Å²) in [5.41, 5.74) is 2.70. The quantitative estimate of drug-likeness (QED) is 0.881. The van der Waals surface area contributed by atoms with Gasteiger partial charge in [-0.2, -0.15) is 0 Å². The Balaban J connectivity index is 2.27. The van der Waals surface area contributed by atoms with E-state index in [1.807, 2.05) is 30.3 Å². The van der Waals surface area contributed by atoms with Gasteiger partial charge in [-0.15, -0.1) is 0 Å². The van der Waals surface area contributed by atoms with Gasteiger partial charge in [-0.25, -0.2) is 13.1 Å². The summed E-state index contributed by atoms with van der Waals surface area (Å²) in [6.07, 6.45) is 0. The number of aryl methyl sites for hydroxylation is 1. The molecule has 2 aromatic carbocycles. The van der Waals surface area contributed by atoms with Gasteiger partial charge >= 0.3 is 0 Å². The second-order valence-electron chi connectivity index (χ2n) is 5.29. The van der Waals surface area contributed by atoms with Gasteiger partial charge in [-0.1, -0.05) is 30.3 Å². The van der Waals surface area contributed by atoms with E-state index in [1.165, 1.54) is 13.1 Å². The number of amides is 1. The largest absolute Gasteiger partial charge is 0.348 e. The molecule has 122 valence electrons. The lowest BCUT2D eigenvalue weighted by Crippen LogP contribution is -2.25. The Morgan fingerprint density at radius 2 is 1.74 bits per heavy atom. The molecule has 0 atom stereocenters. The van der Waals surface area contributed by atoms with Gasteiger partial charge in [-0.3, -0.25) is 4.79 Å². The minimum Gasteiger partial charge on any atom is -0.348 e. The van der Waals surface area contributed by atoms with Crippen molar-refractivity contribution in [2.45, 2.75) is 25.3 Å². The molecule has 2 aromatic rings. The predicted molar refractivity (Wildman–Crippen MR) is 89.8 cm³/mol. The van der Waals surface area contributed by atoms with Crippen molar-refractivity contribution in [3.05, 3.63) is 64.7 Å². The molecule has 0 unspecified atom stereocenters. The van der Waals surface area contributed by atoms with E-state index in [0.717, 1.165) is 11.1 Å². The molecule has 0 radical (unpaired) electrons. The third-order valence-electron chi connectivity index (χ3n) is 3.74. The fraction of sp³-hybridized carbons (Fsp3) is 0.235. The van der Waals surface area contributed by atoms with Crippen molar-refractivity contribution in [2.75, 3.05) is 7.05 Å². The monoisotopic (exact) mass is 332 g/mol. The van der Waals surface area contributed by atoms with Crippen LogP contribution in [0.1, 0.15) is 27.0 Å². The first-order valence-electron chi connectivity index (χ1n) is 7.22. The maximum Gasteiger partial charge on any atom is 0.251 e. The van der Waals surface area contributed by atoms with Crippen LogP contribution in [0.3, 0.4) is 0 Å². The van der Waals surface area contributed by atoms with Gasteiger partial charge in [0.05, 0.1) is 4.90 Å². The maximum absolute atomic E-state index is 12.3. The molecule has 0 aliphatic heterocycles. The molecule has 0 aliphatic carbocycles.